The van der Waals surface area contributed by atoms with Gasteiger partial charge in [0.05, 0.1) is 34.5 Å². The number of anilines is 1. The smallest absolute Gasteiger partial charge is 0.259 e. The van der Waals surface area contributed by atoms with Crippen molar-refractivity contribution in [3.05, 3.63) is 59.9 Å². The fourth-order valence-electron chi connectivity index (χ4n) is 4.20. The van der Waals surface area contributed by atoms with Gasteiger partial charge in [-0.15, -0.1) is 0 Å². The molecule has 1 atom stereocenters. The van der Waals surface area contributed by atoms with E-state index in [1.807, 2.05) is 30.0 Å². The molecule has 0 spiro atoms. The van der Waals surface area contributed by atoms with Gasteiger partial charge in [0.2, 0.25) is 11.9 Å². The molecule has 160 valence electrons. The van der Waals surface area contributed by atoms with Crippen LogP contribution in [0.3, 0.4) is 0 Å². The van der Waals surface area contributed by atoms with Gasteiger partial charge in [-0.1, -0.05) is 18.7 Å². The Morgan fingerprint density at radius 1 is 1.26 bits per heavy atom. The van der Waals surface area contributed by atoms with Crippen LogP contribution in [0.2, 0.25) is 0 Å². The van der Waals surface area contributed by atoms with Crippen molar-refractivity contribution in [2.24, 2.45) is 0 Å². The molecule has 1 aliphatic heterocycles. The van der Waals surface area contributed by atoms with Crippen molar-refractivity contribution in [3.63, 3.8) is 0 Å². The van der Waals surface area contributed by atoms with Crippen molar-refractivity contribution >= 4 is 28.8 Å². The average molecular weight is 419 g/mol. The van der Waals surface area contributed by atoms with E-state index in [0.717, 1.165) is 35.9 Å². The minimum absolute atomic E-state index is 0.00917. The zero-order valence-electron chi connectivity index (χ0n) is 17.8. The van der Waals surface area contributed by atoms with Crippen LogP contribution in [-0.4, -0.2) is 49.6 Å². The van der Waals surface area contributed by atoms with Gasteiger partial charge in [-0.3, -0.25) is 14.9 Å². The first-order valence-electron chi connectivity index (χ1n) is 10.5. The molecule has 0 unspecified atom stereocenters. The summed E-state index contributed by atoms with van der Waals surface area (Å²) < 4.78 is 2.08. The summed E-state index contributed by atoms with van der Waals surface area (Å²) in [5.41, 5.74) is 3.94. The predicted octanol–water partition coefficient (Wildman–Crippen LogP) is 3.44. The molecule has 1 aromatic carbocycles. The highest BCUT2D eigenvalue weighted by molar-refractivity contribution is 6.04. The van der Waals surface area contributed by atoms with Crippen molar-refractivity contribution in [2.75, 3.05) is 18.4 Å². The second-order valence-electron chi connectivity index (χ2n) is 7.93. The van der Waals surface area contributed by atoms with E-state index in [1.54, 1.807) is 13.0 Å². The van der Waals surface area contributed by atoms with Crippen LogP contribution < -0.4 is 5.32 Å². The van der Waals surface area contributed by atoms with Crippen molar-refractivity contribution in [1.29, 1.82) is 0 Å². The lowest BCUT2D eigenvalue weighted by atomic mass is 10.1. The number of hydrogen-bond acceptors (Lipinski definition) is 5. The molecule has 3 heterocycles. The van der Waals surface area contributed by atoms with Gasteiger partial charge in [0.1, 0.15) is 0 Å². The lowest BCUT2D eigenvalue weighted by molar-refractivity contribution is -0.126. The number of carbonyl (C=O) groups is 2. The van der Waals surface area contributed by atoms with Crippen LogP contribution in [-0.2, 0) is 4.79 Å². The molecular weight excluding hydrogens is 392 g/mol. The zero-order valence-corrected chi connectivity index (χ0v) is 17.8. The Balaban J connectivity index is 1.76. The van der Waals surface area contributed by atoms with Crippen molar-refractivity contribution in [3.8, 4) is 0 Å². The number of imidazole rings is 1. The van der Waals surface area contributed by atoms with Crippen LogP contribution in [0.5, 0.6) is 0 Å². The number of nitrogens with one attached hydrogen (secondary N) is 1. The molecule has 8 nitrogen and oxygen atoms in total. The lowest BCUT2D eigenvalue weighted by Crippen LogP contribution is -2.34. The Morgan fingerprint density at radius 2 is 2.10 bits per heavy atom. The van der Waals surface area contributed by atoms with Gasteiger partial charge in [0.15, 0.2) is 0 Å². The third-order valence-corrected chi connectivity index (χ3v) is 5.67. The van der Waals surface area contributed by atoms with Gasteiger partial charge in [-0.25, -0.2) is 4.98 Å². The number of fused-ring (bicyclic) bond motifs is 1. The summed E-state index contributed by atoms with van der Waals surface area (Å²) in [5.74, 6) is 0.110. The van der Waals surface area contributed by atoms with E-state index >= 15 is 0 Å². The van der Waals surface area contributed by atoms with Crippen LogP contribution >= 0.6 is 0 Å². The van der Waals surface area contributed by atoms with E-state index in [2.05, 4.69) is 26.7 Å². The number of aryl methyl sites for hydroxylation is 2. The molecule has 31 heavy (non-hydrogen) atoms. The average Bonchev–Trinajstić information content (AvgIpc) is 2.95. The number of aromatic nitrogens is 4. The monoisotopic (exact) mass is 418 g/mol. The van der Waals surface area contributed by atoms with Gasteiger partial charge >= 0.3 is 0 Å². The molecule has 0 radical (unpaired) electrons. The summed E-state index contributed by atoms with van der Waals surface area (Å²) in [4.78, 5) is 31.8. The molecule has 2 aromatic heterocycles. The Hall–Kier alpha value is -3.55. The molecule has 0 bridgehead atoms. The van der Waals surface area contributed by atoms with Crippen LogP contribution in [0.4, 0.5) is 5.95 Å². The Bertz CT molecular complexity index is 1150. The number of nitrogens with zero attached hydrogens (tertiary/aromatic N) is 5. The minimum atomic E-state index is -0.292. The fraction of sp³-hybridized carbons (Fsp3) is 0.348. The van der Waals surface area contributed by atoms with Gasteiger partial charge in [0.25, 0.3) is 5.91 Å². The largest absolute Gasteiger partial charge is 0.337 e. The molecule has 0 aliphatic carbocycles. The number of carbonyl (C=O) groups excluding carboxylic acids is 2. The van der Waals surface area contributed by atoms with Crippen molar-refractivity contribution in [1.82, 2.24) is 24.6 Å². The third-order valence-electron chi connectivity index (χ3n) is 5.67. The fourth-order valence-corrected chi connectivity index (χ4v) is 4.20. The highest BCUT2D eigenvalue weighted by Crippen LogP contribution is 2.32. The first kappa shape index (κ1) is 20.7. The third kappa shape index (κ3) is 4.19. The highest BCUT2D eigenvalue weighted by atomic mass is 16.2. The molecule has 8 heteroatoms. The zero-order chi connectivity index (χ0) is 22.0. The van der Waals surface area contributed by atoms with E-state index in [9.17, 15) is 9.59 Å². The molecule has 0 saturated carbocycles. The summed E-state index contributed by atoms with van der Waals surface area (Å²) in [6.07, 6.45) is 5.61. The van der Waals surface area contributed by atoms with E-state index in [0.29, 0.717) is 30.3 Å². The quantitative estimate of drug-likeness (QED) is 0.655. The second-order valence-corrected chi connectivity index (χ2v) is 7.93. The van der Waals surface area contributed by atoms with Crippen LogP contribution in [0.15, 0.2) is 43.1 Å². The normalized spacial score (nSPS) is 16.7. The minimum Gasteiger partial charge on any atom is -0.337 e. The first-order valence-corrected chi connectivity index (χ1v) is 10.5. The number of amides is 2. The Kier molecular flexibility index (Phi) is 5.79. The number of hydrogen-bond donors (Lipinski definition) is 1. The molecule has 1 saturated heterocycles. The van der Waals surface area contributed by atoms with Crippen LogP contribution in [0, 0.1) is 13.8 Å². The van der Waals surface area contributed by atoms with Gasteiger partial charge in [-0.2, -0.15) is 10.2 Å². The van der Waals surface area contributed by atoms with Gasteiger partial charge < -0.3 is 9.47 Å². The summed E-state index contributed by atoms with van der Waals surface area (Å²) in [5, 5.41) is 10.8. The van der Waals surface area contributed by atoms with Gasteiger partial charge in [-0.05, 0) is 56.9 Å². The maximum Gasteiger partial charge on any atom is 0.259 e. The summed E-state index contributed by atoms with van der Waals surface area (Å²) in [6, 6.07) is 7.61. The maximum absolute atomic E-state index is 12.9. The molecule has 1 N–H and O–H groups in total. The predicted molar refractivity (Wildman–Crippen MR) is 119 cm³/mol. The topological polar surface area (TPSA) is 93.0 Å². The first-order chi connectivity index (χ1) is 15.0. The van der Waals surface area contributed by atoms with E-state index in [-0.39, 0.29) is 17.9 Å². The molecule has 4 rings (SSSR count). The van der Waals surface area contributed by atoms with E-state index in [4.69, 9.17) is 4.98 Å². The van der Waals surface area contributed by atoms with Crippen LogP contribution in [0.25, 0.3) is 11.0 Å². The van der Waals surface area contributed by atoms with Gasteiger partial charge in [0, 0.05) is 13.1 Å². The molecule has 1 fully saturated rings. The molecule has 2 amide bonds. The lowest BCUT2D eigenvalue weighted by Gasteiger charge is -2.26. The number of benzene rings is 1. The Labute approximate surface area is 181 Å². The summed E-state index contributed by atoms with van der Waals surface area (Å²) in [7, 11) is 0. The highest BCUT2D eigenvalue weighted by Gasteiger charge is 2.27. The van der Waals surface area contributed by atoms with Crippen molar-refractivity contribution < 1.29 is 9.59 Å². The molecule has 1 aliphatic rings. The number of para-hydroxylation sites is 1. The van der Waals surface area contributed by atoms with Crippen molar-refractivity contribution in [2.45, 2.75) is 39.2 Å². The standard InChI is InChI=1S/C23H26N6O2/c1-4-20(30)28-11-6-5-9-18(14-28)29-21-15(2)8-7-10-19(21)25-23(29)26-22(31)17-12-16(3)27-24-13-17/h4,7-8,10,12-13,18H,1,5-6,9,11,14H2,2-3H3,(H,25,26,31)/t18-/m1/s1. The maximum atomic E-state index is 12.9. The Morgan fingerprint density at radius 3 is 2.87 bits per heavy atom. The van der Waals surface area contributed by atoms with E-state index < -0.39 is 0 Å². The van der Waals surface area contributed by atoms with E-state index in [1.165, 1.54) is 12.3 Å². The molecular formula is C23H26N6O2. The number of likely N-dealkylation sites (tertiary alicyclic amines) is 1. The summed E-state index contributed by atoms with van der Waals surface area (Å²) in [6.45, 7) is 8.71. The summed E-state index contributed by atoms with van der Waals surface area (Å²) >= 11 is 0. The SMILES string of the molecule is C=CC(=O)N1CCCC[C@@H](n2c(NC(=O)c3cnnc(C)c3)nc3cccc(C)c32)C1. The number of rotatable bonds is 4. The molecule has 3 aromatic rings. The second kappa shape index (κ2) is 8.67. The van der Waals surface area contributed by atoms with Crippen LogP contribution in [0.1, 0.15) is 46.9 Å².